The monoisotopic (exact) mass is 233 g/mol. The lowest BCUT2D eigenvalue weighted by atomic mass is 10.1. The first-order valence-corrected chi connectivity index (χ1v) is 5.68. The van der Waals surface area contributed by atoms with Crippen LogP contribution in [0.3, 0.4) is 0 Å². The van der Waals surface area contributed by atoms with Gasteiger partial charge in [0.1, 0.15) is 0 Å². The van der Waals surface area contributed by atoms with Crippen LogP contribution in [0.1, 0.15) is 12.0 Å². The second-order valence-electron chi connectivity index (χ2n) is 3.53. The third-order valence-electron chi connectivity index (χ3n) is 2.37. The predicted molar refractivity (Wildman–Crippen MR) is 68.9 cm³/mol. The lowest BCUT2D eigenvalue weighted by Crippen LogP contribution is -1.99. The Hall–Kier alpha value is -1.54. The van der Waals surface area contributed by atoms with E-state index in [1.54, 1.807) is 6.20 Å². The Morgan fingerprint density at radius 1 is 1.31 bits per heavy atom. The maximum atomic E-state index is 11.5. The quantitative estimate of drug-likeness (QED) is 0.812. The Morgan fingerprint density at radius 2 is 2.19 bits per heavy atom. The fourth-order valence-corrected chi connectivity index (χ4v) is 1.71. The Bertz CT molecular complexity index is 571. The number of H-pyrrole nitrogens is 1. The molecule has 2 aromatic rings. The molecule has 0 radical (unpaired) electrons. The second-order valence-corrected chi connectivity index (χ2v) is 3.90. The van der Waals surface area contributed by atoms with Crippen LogP contribution in [-0.2, 0) is 0 Å². The molecule has 2 nitrogen and oxygen atoms in total. The van der Waals surface area contributed by atoms with Crippen LogP contribution in [0.25, 0.3) is 17.0 Å². The number of rotatable bonds is 3. The Morgan fingerprint density at radius 3 is 3.00 bits per heavy atom. The van der Waals surface area contributed by atoms with E-state index in [1.807, 2.05) is 30.4 Å². The van der Waals surface area contributed by atoms with Crippen molar-refractivity contribution in [3.63, 3.8) is 0 Å². The molecule has 0 aliphatic heterocycles. The molecule has 0 bridgehead atoms. The fraction of sp³-hybridized carbons (Fsp3) is 0.154. The number of pyridine rings is 1. The molecule has 16 heavy (non-hydrogen) atoms. The number of hydrogen-bond donors (Lipinski definition) is 1. The molecule has 0 saturated heterocycles. The smallest absolute Gasteiger partial charge is 0.189 e. The zero-order valence-corrected chi connectivity index (χ0v) is 9.50. The van der Waals surface area contributed by atoms with Gasteiger partial charge in [0.05, 0.1) is 0 Å². The van der Waals surface area contributed by atoms with Crippen LogP contribution in [0.2, 0.25) is 0 Å². The molecule has 0 saturated carbocycles. The molecular weight excluding hydrogens is 222 g/mol. The summed E-state index contributed by atoms with van der Waals surface area (Å²) in [4.78, 5) is 14.6. The topological polar surface area (TPSA) is 32.9 Å². The Balaban J connectivity index is 2.41. The summed E-state index contributed by atoms with van der Waals surface area (Å²) in [5.41, 5.74) is 1.98. The number of aromatic nitrogens is 1. The van der Waals surface area contributed by atoms with Gasteiger partial charge in [0, 0.05) is 29.0 Å². The van der Waals surface area contributed by atoms with Crippen LogP contribution in [-0.4, -0.2) is 10.9 Å². The zero-order chi connectivity index (χ0) is 11.4. The number of alkyl halides is 1. The summed E-state index contributed by atoms with van der Waals surface area (Å²) >= 11 is 5.58. The molecule has 1 aromatic carbocycles. The highest BCUT2D eigenvalue weighted by Crippen LogP contribution is 2.11. The van der Waals surface area contributed by atoms with Crippen molar-refractivity contribution in [1.82, 2.24) is 4.98 Å². The van der Waals surface area contributed by atoms with Crippen molar-refractivity contribution < 1.29 is 0 Å². The number of benzene rings is 1. The first-order valence-electron chi connectivity index (χ1n) is 5.15. The number of fused-ring (bicyclic) bond motifs is 1. The third-order valence-corrected chi connectivity index (χ3v) is 2.59. The number of allylic oxidation sites excluding steroid dienone is 1. The molecule has 3 heteroatoms. The number of hydrogen-bond acceptors (Lipinski definition) is 1. The highest BCUT2D eigenvalue weighted by molar-refractivity contribution is 6.17. The maximum Gasteiger partial charge on any atom is 0.189 e. The molecular formula is C13H12ClNO. The van der Waals surface area contributed by atoms with Crippen LogP contribution in [0.15, 0.2) is 41.3 Å². The van der Waals surface area contributed by atoms with Crippen LogP contribution in [0.4, 0.5) is 0 Å². The number of nitrogens with one attached hydrogen (secondary N) is 1. The van der Waals surface area contributed by atoms with Gasteiger partial charge in [0.25, 0.3) is 0 Å². The van der Waals surface area contributed by atoms with E-state index in [0.717, 1.165) is 22.9 Å². The highest BCUT2D eigenvalue weighted by atomic mass is 35.5. The summed E-state index contributed by atoms with van der Waals surface area (Å²) in [5.74, 6) is 0.626. The van der Waals surface area contributed by atoms with Crippen molar-refractivity contribution in [2.24, 2.45) is 0 Å². The molecule has 1 heterocycles. The minimum absolute atomic E-state index is 0.0463. The van der Waals surface area contributed by atoms with Gasteiger partial charge in [-0.3, -0.25) is 4.79 Å². The molecule has 82 valence electrons. The Kier molecular flexibility index (Phi) is 3.42. The van der Waals surface area contributed by atoms with Crippen LogP contribution >= 0.6 is 11.6 Å². The zero-order valence-electron chi connectivity index (χ0n) is 8.74. The lowest BCUT2D eigenvalue weighted by molar-refractivity contribution is 1.24. The van der Waals surface area contributed by atoms with E-state index in [9.17, 15) is 4.79 Å². The van der Waals surface area contributed by atoms with E-state index in [-0.39, 0.29) is 5.43 Å². The normalized spacial score (nSPS) is 11.3. The molecule has 0 atom stereocenters. The van der Waals surface area contributed by atoms with Crippen molar-refractivity contribution in [3.05, 3.63) is 52.3 Å². The molecule has 0 aliphatic carbocycles. The Labute approximate surface area is 98.6 Å². The molecule has 2 rings (SSSR count). The van der Waals surface area contributed by atoms with Gasteiger partial charge in [-0.05, 0) is 24.1 Å². The van der Waals surface area contributed by atoms with Crippen LogP contribution < -0.4 is 5.43 Å². The van der Waals surface area contributed by atoms with E-state index >= 15 is 0 Å². The van der Waals surface area contributed by atoms with E-state index in [4.69, 9.17) is 11.6 Å². The second kappa shape index (κ2) is 4.99. The molecule has 0 amide bonds. The summed E-state index contributed by atoms with van der Waals surface area (Å²) in [5, 5.41) is 0.719. The van der Waals surface area contributed by atoms with Crippen molar-refractivity contribution >= 4 is 28.6 Å². The van der Waals surface area contributed by atoms with Crippen LogP contribution in [0.5, 0.6) is 0 Å². The maximum absolute atomic E-state index is 11.5. The van der Waals surface area contributed by atoms with Gasteiger partial charge in [0.2, 0.25) is 0 Å². The van der Waals surface area contributed by atoms with Gasteiger partial charge in [-0.15, -0.1) is 11.6 Å². The predicted octanol–water partition coefficient (Wildman–Crippen LogP) is 3.17. The van der Waals surface area contributed by atoms with Crippen molar-refractivity contribution in [3.8, 4) is 0 Å². The molecule has 1 aromatic heterocycles. The van der Waals surface area contributed by atoms with Gasteiger partial charge in [-0.1, -0.05) is 18.2 Å². The summed E-state index contributed by atoms with van der Waals surface area (Å²) < 4.78 is 0. The minimum Gasteiger partial charge on any atom is -0.361 e. The van der Waals surface area contributed by atoms with Gasteiger partial charge in [-0.2, -0.15) is 0 Å². The van der Waals surface area contributed by atoms with Crippen LogP contribution in [0, 0.1) is 0 Å². The van der Waals surface area contributed by atoms with Crippen molar-refractivity contribution in [2.75, 3.05) is 5.88 Å². The third kappa shape index (κ3) is 2.34. The largest absolute Gasteiger partial charge is 0.361 e. The average molecular weight is 234 g/mol. The van der Waals surface area contributed by atoms with E-state index in [1.165, 1.54) is 6.07 Å². The lowest BCUT2D eigenvalue weighted by Gasteiger charge is -1.98. The number of halogens is 1. The first kappa shape index (κ1) is 11.0. The van der Waals surface area contributed by atoms with Gasteiger partial charge >= 0.3 is 0 Å². The van der Waals surface area contributed by atoms with Crippen molar-refractivity contribution in [1.29, 1.82) is 0 Å². The molecule has 0 aliphatic rings. The molecule has 0 fully saturated rings. The molecule has 0 unspecified atom stereocenters. The van der Waals surface area contributed by atoms with Crippen molar-refractivity contribution in [2.45, 2.75) is 6.42 Å². The van der Waals surface area contributed by atoms with E-state index in [2.05, 4.69) is 4.98 Å². The molecule has 0 spiro atoms. The minimum atomic E-state index is 0.0463. The standard InChI is InChI=1S/C13H12ClNO/c14-7-2-1-3-10-4-5-11-12(9-10)15-8-6-13(11)16/h1,3-6,8-9H,2,7H2,(H,15,16). The van der Waals surface area contributed by atoms with E-state index in [0.29, 0.717) is 5.88 Å². The summed E-state index contributed by atoms with van der Waals surface area (Å²) in [6.45, 7) is 0. The summed E-state index contributed by atoms with van der Waals surface area (Å²) in [6.07, 6.45) is 6.55. The summed E-state index contributed by atoms with van der Waals surface area (Å²) in [7, 11) is 0. The first-order chi connectivity index (χ1) is 7.81. The van der Waals surface area contributed by atoms with Gasteiger partial charge in [-0.25, -0.2) is 0 Å². The summed E-state index contributed by atoms with van der Waals surface area (Å²) in [6, 6.07) is 7.27. The highest BCUT2D eigenvalue weighted by Gasteiger charge is 1.97. The van der Waals surface area contributed by atoms with Gasteiger partial charge in [0.15, 0.2) is 5.43 Å². The number of aromatic amines is 1. The molecule has 1 N–H and O–H groups in total. The average Bonchev–Trinajstić information content (AvgIpc) is 2.30. The fourth-order valence-electron chi connectivity index (χ4n) is 1.58. The van der Waals surface area contributed by atoms with Gasteiger partial charge < -0.3 is 4.98 Å². The SMILES string of the molecule is O=c1cc[nH]c2cc(C=CCCCl)ccc12. The van der Waals surface area contributed by atoms with E-state index < -0.39 is 0 Å².